The van der Waals surface area contributed by atoms with Crippen molar-refractivity contribution >= 4 is 6.03 Å². The van der Waals surface area contributed by atoms with Crippen LogP contribution in [-0.4, -0.2) is 36.4 Å². The van der Waals surface area contributed by atoms with Gasteiger partial charge in [-0.1, -0.05) is 0 Å². The van der Waals surface area contributed by atoms with Crippen molar-refractivity contribution in [2.45, 2.75) is 37.7 Å². The van der Waals surface area contributed by atoms with Gasteiger partial charge in [-0.05, 0) is 56.4 Å². The molecule has 0 atom stereocenters. The molecule has 0 saturated heterocycles. The highest BCUT2D eigenvalue weighted by Gasteiger charge is 2.34. The predicted molar refractivity (Wildman–Crippen MR) is 81.3 cm³/mol. The third kappa shape index (κ3) is 5.52. The molecule has 2 rings (SSSR count). The smallest absolute Gasteiger partial charge is 0.314 e. The summed E-state index contributed by atoms with van der Waals surface area (Å²) in [5, 5.41) is 15.3. The summed E-state index contributed by atoms with van der Waals surface area (Å²) in [7, 11) is 0. The number of aliphatic hydroxyl groups is 1. The standard InChI is InChI=1S/C16H23FN2O3/c17-13-4-6-14(7-5-13)22-11-2-1-10-18-15(20)19-12-16(21)8-3-9-16/h4-7,21H,1-3,8-12H2,(H2,18,19,20). The van der Waals surface area contributed by atoms with Crippen molar-refractivity contribution in [3.8, 4) is 5.75 Å². The fraction of sp³-hybridized carbons (Fsp3) is 0.562. The van der Waals surface area contributed by atoms with Gasteiger partial charge in [0.05, 0.1) is 12.2 Å². The Bertz CT molecular complexity index is 475. The number of rotatable bonds is 8. The van der Waals surface area contributed by atoms with Gasteiger partial charge in [-0.15, -0.1) is 0 Å². The molecule has 5 nitrogen and oxygen atoms in total. The number of hydrogen-bond acceptors (Lipinski definition) is 3. The van der Waals surface area contributed by atoms with Crippen LogP contribution in [0.2, 0.25) is 0 Å². The summed E-state index contributed by atoms with van der Waals surface area (Å²) < 4.78 is 18.2. The Morgan fingerprint density at radius 3 is 2.59 bits per heavy atom. The lowest BCUT2D eigenvalue weighted by Gasteiger charge is -2.36. The number of nitrogens with one attached hydrogen (secondary N) is 2. The fourth-order valence-electron chi connectivity index (χ4n) is 2.22. The zero-order chi connectivity index (χ0) is 15.8. The maximum Gasteiger partial charge on any atom is 0.314 e. The molecule has 2 amide bonds. The van der Waals surface area contributed by atoms with Crippen LogP contribution in [0.15, 0.2) is 24.3 Å². The Morgan fingerprint density at radius 2 is 1.95 bits per heavy atom. The molecule has 1 aliphatic carbocycles. The molecule has 6 heteroatoms. The monoisotopic (exact) mass is 310 g/mol. The van der Waals surface area contributed by atoms with Gasteiger partial charge in [0.1, 0.15) is 11.6 Å². The number of urea groups is 1. The topological polar surface area (TPSA) is 70.6 Å². The van der Waals surface area contributed by atoms with Crippen LogP contribution in [0, 0.1) is 5.82 Å². The molecule has 0 aromatic heterocycles. The first-order valence-corrected chi connectivity index (χ1v) is 7.70. The molecule has 1 saturated carbocycles. The maximum atomic E-state index is 12.7. The second kappa shape index (κ2) is 7.98. The summed E-state index contributed by atoms with van der Waals surface area (Å²) in [5.41, 5.74) is -0.694. The molecule has 0 spiro atoms. The average molecular weight is 310 g/mol. The average Bonchev–Trinajstić information content (AvgIpc) is 2.48. The molecule has 0 heterocycles. The molecule has 1 fully saturated rings. The third-order valence-corrected chi connectivity index (χ3v) is 3.80. The molecule has 0 bridgehead atoms. The number of unbranched alkanes of at least 4 members (excludes halogenated alkanes) is 1. The Hall–Kier alpha value is -1.82. The van der Waals surface area contributed by atoms with E-state index in [0.29, 0.717) is 25.4 Å². The second-order valence-electron chi connectivity index (χ2n) is 5.70. The van der Waals surface area contributed by atoms with Crippen LogP contribution in [-0.2, 0) is 0 Å². The lowest BCUT2D eigenvalue weighted by atomic mass is 9.80. The first-order chi connectivity index (χ1) is 10.6. The highest BCUT2D eigenvalue weighted by atomic mass is 19.1. The molecule has 3 N–H and O–H groups in total. The van der Waals surface area contributed by atoms with Crippen molar-refractivity contribution in [3.05, 3.63) is 30.1 Å². The van der Waals surface area contributed by atoms with E-state index < -0.39 is 5.60 Å². The summed E-state index contributed by atoms with van der Waals surface area (Å²) in [5.74, 6) is 0.356. The quantitative estimate of drug-likeness (QED) is 0.645. The number of amides is 2. The van der Waals surface area contributed by atoms with Crippen molar-refractivity contribution in [1.82, 2.24) is 10.6 Å². The van der Waals surface area contributed by atoms with Crippen LogP contribution in [0.1, 0.15) is 32.1 Å². The first kappa shape index (κ1) is 16.5. The Kier molecular flexibility index (Phi) is 6.00. The van der Waals surface area contributed by atoms with Gasteiger partial charge in [-0.25, -0.2) is 9.18 Å². The van der Waals surface area contributed by atoms with Crippen LogP contribution in [0.5, 0.6) is 5.75 Å². The van der Waals surface area contributed by atoms with Gasteiger partial charge < -0.3 is 20.5 Å². The minimum atomic E-state index is -0.694. The van der Waals surface area contributed by atoms with E-state index >= 15 is 0 Å². The summed E-state index contributed by atoms with van der Waals surface area (Å²) >= 11 is 0. The van der Waals surface area contributed by atoms with E-state index in [9.17, 15) is 14.3 Å². The Balaban J connectivity index is 1.46. The summed E-state index contributed by atoms with van der Waals surface area (Å²) in [6.07, 6.45) is 4.12. The van der Waals surface area contributed by atoms with Gasteiger partial charge in [0, 0.05) is 13.1 Å². The van der Waals surface area contributed by atoms with E-state index in [-0.39, 0.29) is 11.8 Å². The highest BCUT2D eigenvalue weighted by Crippen LogP contribution is 2.30. The van der Waals surface area contributed by atoms with Crippen LogP contribution < -0.4 is 15.4 Å². The van der Waals surface area contributed by atoms with E-state index in [1.54, 1.807) is 12.1 Å². The lowest BCUT2D eigenvalue weighted by molar-refractivity contribution is -0.0290. The van der Waals surface area contributed by atoms with Crippen LogP contribution in [0.3, 0.4) is 0 Å². The van der Waals surface area contributed by atoms with E-state index in [0.717, 1.165) is 32.1 Å². The maximum absolute atomic E-state index is 12.7. The van der Waals surface area contributed by atoms with Crippen LogP contribution in [0.25, 0.3) is 0 Å². The molecule has 1 aliphatic rings. The highest BCUT2D eigenvalue weighted by molar-refractivity contribution is 5.73. The normalized spacial score (nSPS) is 15.7. The van der Waals surface area contributed by atoms with Crippen LogP contribution >= 0.6 is 0 Å². The van der Waals surface area contributed by atoms with Crippen molar-refractivity contribution < 1.29 is 19.0 Å². The Labute approximate surface area is 129 Å². The summed E-state index contributed by atoms with van der Waals surface area (Å²) in [6.45, 7) is 1.39. The molecule has 0 aliphatic heterocycles. The lowest BCUT2D eigenvalue weighted by Crippen LogP contribution is -2.50. The van der Waals surface area contributed by atoms with E-state index in [2.05, 4.69) is 10.6 Å². The van der Waals surface area contributed by atoms with Gasteiger partial charge in [0.15, 0.2) is 0 Å². The summed E-state index contributed by atoms with van der Waals surface area (Å²) in [4.78, 5) is 11.5. The van der Waals surface area contributed by atoms with Crippen LogP contribution in [0.4, 0.5) is 9.18 Å². The summed E-state index contributed by atoms with van der Waals surface area (Å²) in [6, 6.07) is 5.65. The zero-order valence-corrected chi connectivity index (χ0v) is 12.6. The van der Waals surface area contributed by atoms with Crippen molar-refractivity contribution in [1.29, 1.82) is 0 Å². The minimum absolute atomic E-state index is 0.250. The number of ether oxygens (including phenoxy) is 1. The molecule has 1 aromatic carbocycles. The molecule has 0 radical (unpaired) electrons. The molecular formula is C16H23FN2O3. The van der Waals surface area contributed by atoms with Gasteiger partial charge in [-0.2, -0.15) is 0 Å². The molecule has 22 heavy (non-hydrogen) atoms. The van der Waals surface area contributed by atoms with Crippen molar-refractivity contribution in [2.24, 2.45) is 0 Å². The second-order valence-corrected chi connectivity index (χ2v) is 5.70. The number of carbonyl (C=O) groups is 1. The number of halogens is 1. The van der Waals surface area contributed by atoms with Gasteiger partial charge in [-0.3, -0.25) is 0 Å². The molecular weight excluding hydrogens is 287 g/mol. The first-order valence-electron chi connectivity index (χ1n) is 7.70. The van der Waals surface area contributed by atoms with Gasteiger partial charge in [0.25, 0.3) is 0 Å². The largest absolute Gasteiger partial charge is 0.494 e. The van der Waals surface area contributed by atoms with Gasteiger partial charge in [0.2, 0.25) is 0 Å². The number of carbonyl (C=O) groups excluding carboxylic acids is 1. The number of hydrogen-bond donors (Lipinski definition) is 3. The van der Waals surface area contributed by atoms with Crippen molar-refractivity contribution in [2.75, 3.05) is 19.7 Å². The zero-order valence-electron chi connectivity index (χ0n) is 12.6. The SMILES string of the molecule is O=C(NCCCCOc1ccc(F)cc1)NCC1(O)CCC1. The molecule has 0 unspecified atom stereocenters. The van der Waals surface area contributed by atoms with E-state index in [1.807, 2.05) is 0 Å². The third-order valence-electron chi connectivity index (χ3n) is 3.80. The molecule has 122 valence electrons. The minimum Gasteiger partial charge on any atom is -0.494 e. The fourth-order valence-corrected chi connectivity index (χ4v) is 2.22. The van der Waals surface area contributed by atoms with E-state index in [1.165, 1.54) is 12.1 Å². The van der Waals surface area contributed by atoms with E-state index in [4.69, 9.17) is 4.74 Å². The van der Waals surface area contributed by atoms with Crippen molar-refractivity contribution in [3.63, 3.8) is 0 Å². The Morgan fingerprint density at radius 1 is 1.23 bits per heavy atom. The predicted octanol–water partition coefficient (Wildman–Crippen LogP) is 2.20. The number of benzene rings is 1. The molecule has 1 aromatic rings. The van der Waals surface area contributed by atoms with Gasteiger partial charge >= 0.3 is 6.03 Å².